The summed E-state index contributed by atoms with van der Waals surface area (Å²) in [5.74, 6) is 2.05. The fraction of sp³-hybridized carbons (Fsp3) is 0.214. The van der Waals surface area contributed by atoms with E-state index in [0.29, 0.717) is 5.75 Å². The number of carboxylic acid groups (broad SMARTS) is 1. The number of benzene rings is 1. The summed E-state index contributed by atoms with van der Waals surface area (Å²) in [6, 6.07) is 5.79. The molecule has 0 saturated heterocycles. The molecule has 0 aliphatic carbocycles. The Labute approximate surface area is 159 Å². The molecule has 0 atom stereocenters. The minimum atomic E-state index is -0.958. The van der Waals surface area contributed by atoms with Crippen molar-refractivity contribution in [1.29, 1.82) is 0 Å². The highest BCUT2D eigenvalue weighted by Gasteiger charge is 2.30. The van der Waals surface area contributed by atoms with Gasteiger partial charge in [-0.25, -0.2) is 4.79 Å². The van der Waals surface area contributed by atoms with Crippen molar-refractivity contribution in [2.45, 2.75) is 9.79 Å². The standard InChI is InChI=1S/C14H10O3S6/c15-10(16)6-17-7-1-2-8-9(5-7)21-13(20-8)14-22-11-12(23-14)19-4-3-18-11/h1-2,5H,3-4,6H2,(H,15,16). The zero-order chi connectivity index (χ0) is 15.8. The molecule has 120 valence electrons. The number of ether oxygens (including phenoxy) is 1. The Hall–Kier alpha value is 0.0700. The molecule has 4 rings (SSSR count). The molecule has 0 spiro atoms. The topological polar surface area (TPSA) is 46.5 Å². The maximum Gasteiger partial charge on any atom is 0.341 e. The highest BCUT2D eigenvalue weighted by Crippen LogP contribution is 2.65. The van der Waals surface area contributed by atoms with Crippen molar-refractivity contribution in [3.63, 3.8) is 0 Å². The van der Waals surface area contributed by atoms with Crippen LogP contribution in [0.15, 0.2) is 44.9 Å². The number of carbonyl (C=O) groups is 1. The number of hydrogen-bond acceptors (Lipinski definition) is 8. The van der Waals surface area contributed by atoms with Crippen molar-refractivity contribution in [2.24, 2.45) is 0 Å². The second-order valence-electron chi connectivity index (χ2n) is 4.55. The fourth-order valence-electron chi connectivity index (χ4n) is 1.99. The van der Waals surface area contributed by atoms with Gasteiger partial charge in [-0.05, 0) is 18.2 Å². The van der Waals surface area contributed by atoms with E-state index in [2.05, 4.69) is 0 Å². The SMILES string of the molecule is O=C(O)COc1ccc2c(c1)SC(=C1SC3=C(SCCS3)S1)S2. The number of rotatable bonds is 3. The van der Waals surface area contributed by atoms with Crippen molar-refractivity contribution in [3.8, 4) is 5.75 Å². The van der Waals surface area contributed by atoms with E-state index in [-0.39, 0.29) is 6.61 Å². The van der Waals surface area contributed by atoms with E-state index in [0.717, 1.165) is 4.90 Å². The highest BCUT2D eigenvalue weighted by molar-refractivity contribution is 8.42. The molecule has 0 unspecified atom stereocenters. The van der Waals surface area contributed by atoms with E-state index < -0.39 is 5.97 Å². The lowest BCUT2D eigenvalue weighted by Gasteiger charge is -2.08. The molecule has 0 amide bonds. The van der Waals surface area contributed by atoms with E-state index in [9.17, 15) is 4.79 Å². The van der Waals surface area contributed by atoms with Crippen LogP contribution in [0.3, 0.4) is 0 Å². The quantitative estimate of drug-likeness (QED) is 0.679. The molecule has 1 aromatic rings. The van der Waals surface area contributed by atoms with Crippen LogP contribution in [0.1, 0.15) is 0 Å². The van der Waals surface area contributed by atoms with Gasteiger partial charge in [-0.1, -0.05) is 47.0 Å². The molecule has 0 saturated carbocycles. The minimum absolute atomic E-state index is 0.304. The lowest BCUT2D eigenvalue weighted by molar-refractivity contribution is -0.139. The Morgan fingerprint density at radius 3 is 2.30 bits per heavy atom. The molecular weight excluding hydrogens is 409 g/mol. The van der Waals surface area contributed by atoms with E-state index in [1.54, 1.807) is 23.5 Å². The first-order valence-corrected chi connectivity index (χ1v) is 11.9. The van der Waals surface area contributed by atoms with E-state index in [1.807, 2.05) is 65.2 Å². The average Bonchev–Trinajstić information content (AvgIpc) is 3.15. The Kier molecular flexibility index (Phi) is 5.13. The second-order valence-corrected chi connectivity index (χ2v) is 11.9. The van der Waals surface area contributed by atoms with Crippen molar-refractivity contribution < 1.29 is 14.6 Å². The third kappa shape index (κ3) is 3.69. The fourth-order valence-corrected chi connectivity index (χ4v) is 10.8. The lowest BCUT2D eigenvalue weighted by atomic mass is 10.3. The number of carboxylic acids is 1. The summed E-state index contributed by atoms with van der Waals surface area (Å²) < 4.78 is 10.9. The first-order chi connectivity index (χ1) is 11.2. The van der Waals surface area contributed by atoms with Crippen molar-refractivity contribution in [1.82, 2.24) is 0 Å². The van der Waals surface area contributed by atoms with Gasteiger partial charge in [-0.2, -0.15) is 0 Å². The van der Waals surface area contributed by atoms with Gasteiger partial charge in [0.05, 0.1) is 16.9 Å². The van der Waals surface area contributed by atoms with Gasteiger partial charge < -0.3 is 9.84 Å². The van der Waals surface area contributed by atoms with E-state index >= 15 is 0 Å². The molecule has 0 radical (unpaired) electrons. The molecule has 1 N–H and O–H groups in total. The molecule has 1 aromatic carbocycles. The molecule has 3 aliphatic rings. The first kappa shape index (κ1) is 16.5. The largest absolute Gasteiger partial charge is 0.482 e. The summed E-state index contributed by atoms with van der Waals surface area (Å²) in [6.07, 6.45) is 0. The average molecular weight is 419 g/mol. The lowest BCUT2D eigenvalue weighted by Crippen LogP contribution is -2.09. The summed E-state index contributed by atoms with van der Waals surface area (Å²) in [4.78, 5) is 13.0. The van der Waals surface area contributed by atoms with Crippen molar-refractivity contribution in [3.05, 3.63) is 35.1 Å². The predicted octanol–water partition coefficient (Wildman–Crippen LogP) is 5.56. The molecule has 0 aromatic heterocycles. The minimum Gasteiger partial charge on any atom is -0.482 e. The number of hydrogen-bond donors (Lipinski definition) is 1. The van der Waals surface area contributed by atoms with Crippen LogP contribution in [0.4, 0.5) is 0 Å². The zero-order valence-electron chi connectivity index (χ0n) is 11.6. The van der Waals surface area contributed by atoms with Crippen LogP contribution in [0.5, 0.6) is 5.75 Å². The summed E-state index contributed by atoms with van der Waals surface area (Å²) in [7, 11) is 0. The van der Waals surface area contributed by atoms with Crippen LogP contribution < -0.4 is 4.74 Å². The van der Waals surface area contributed by atoms with Crippen LogP contribution in [-0.2, 0) is 4.79 Å². The maximum atomic E-state index is 10.6. The Morgan fingerprint density at radius 1 is 0.957 bits per heavy atom. The smallest absolute Gasteiger partial charge is 0.341 e. The van der Waals surface area contributed by atoms with Gasteiger partial charge in [-0.3, -0.25) is 0 Å². The summed E-state index contributed by atoms with van der Waals surface area (Å²) in [5.41, 5.74) is 0. The molecule has 3 aliphatic heterocycles. The number of thioether (sulfide) groups is 6. The second kappa shape index (κ2) is 7.13. The monoisotopic (exact) mass is 418 g/mol. The first-order valence-electron chi connectivity index (χ1n) is 6.63. The van der Waals surface area contributed by atoms with Crippen LogP contribution in [0.2, 0.25) is 0 Å². The third-order valence-electron chi connectivity index (χ3n) is 2.94. The Morgan fingerprint density at radius 2 is 1.61 bits per heavy atom. The summed E-state index contributed by atoms with van der Waals surface area (Å²) in [5, 5.41) is 8.70. The Bertz CT molecular complexity index is 722. The molecule has 23 heavy (non-hydrogen) atoms. The normalized spacial score (nSPS) is 19.8. The predicted molar refractivity (Wildman–Crippen MR) is 105 cm³/mol. The molecule has 0 fully saturated rings. The molecule has 9 heteroatoms. The van der Waals surface area contributed by atoms with Gasteiger partial charge in [-0.15, -0.1) is 23.5 Å². The molecule has 3 heterocycles. The molecule has 3 nitrogen and oxygen atoms in total. The molecule has 0 bridgehead atoms. The summed E-state index contributed by atoms with van der Waals surface area (Å²) in [6.45, 7) is -0.304. The van der Waals surface area contributed by atoms with Crippen molar-refractivity contribution >= 4 is 76.5 Å². The van der Waals surface area contributed by atoms with E-state index in [1.165, 1.54) is 33.3 Å². The maximum absolute atomic E-state index is 10.6. The van der Waals surface area contributed by atoms with Crippen LogP contribution in [0, 0.1) is 0 Å². The van der Waals surface area contributed by atoms with Gasteiger partial charge in [0.25, 0.3) is 0 Å². The number of aliphatic carboxylic acids is 1. The van der Waals surface area contributed by atoms with Crippen LogP contribution >= 0.6 is 70.6 Å². The van der Waals surface area contributed by atoms with Gasteiger partial charge in [0.1, 0.15) is 5.75 Å². The Balaban J connectivity index is 1.50. The highest BCUT2D eigenvalue weighted by atomic mass is 32.3. The zero-order valence-corrected chi connectivity index (χ0v) is 16.5. The van der Waals surface area contributed by atoms with Gasteiger partial charge in [0, 0.05) is 21.3 Å². The molecular formula is C14H10O3S6. The van der Waals surface area contributed by atoms with Crippen molar-refractivity contribution in [2.75, 3.05) is 18.1 Å². The van der Waals surface area contributed by atoms with Gasteiger partial charge >= 0.3 is 5.97 Å². The summed E-state index contributed by atoms with van der Waals surface area (Å²) >= 11 is 11.3. The van der Waals surface area contributed by atoms with Gasteiger partial charge in [0.15, 0.2) is 6.61 Å². The van der Waals surface area contributed by atoms with Gasteiger partial charge in [0.2, 0.25) is 0 Å². The van der Waals surface area contributed by atoms with E-state index in [4.69, 9.17) is 9.84 Å². The third-order valence-corrected chi connectivity index (χ3v) is 11.8. The number of fused-ring (bicyclic) bond motifs is 1. The van der Waals surface area contributed by atoms with Crippen LogP contribution in [0.25, 0.3) is 0 Å². The van der Waals surface area contributed by atoms with Crippen LogP contribution in [-0.4, -0.2) is 29.2 Å².